The van der Waals surface area contributed by atoms with Crippen LogP contribution in [0.5, 0.6) is 0 Å². The number of aromatic nitrogens is 1. The molecule has 0 radical (unpaired) electrons. The van der Waals surface area contributed by atoms with Gasteiger partial charge in [0.2, 0.25) is 5.91 Å². The summed E-state index contributed by atoms with van der Waals surface area (Å²) < 4.78 is 13.7. The van der Waals surface area contributed by atoms with Gasteiger partial charge in [-0.15, -0.1) is 0 Å². The molecule has 122 valence electrons. The summed E-state index contributed by atoms with van der Waals surface area (Å²) in [4.78, 5) is 28.0. The first kappa shape index (κ1) is 15.7. The molecule has 2 amide bonds. The molecule has 0 aliphatic rings. The molecule has 1 heterocycles. The third kappa shape index (κ3) is 2.99. The number of carbonyl (C=O) groups excluding carboxylic acids is 2. The summed E-state index contributed by atoms with van der Waals surface area (Å²) in [7, 11) is 1.68. The minimum Gasteiger partial charge on any atom is -0.350 e. The van der Waals surface area contributed by atoms with E-state index in [-0.39, 0.29) is 23.3 Å². The summed E-state index contributed by atoms with van der Waals surface area (Å²) in [6.07, 6.45) is 0. The van der Waals surface area contributed by atoms with Crippen LogP contribution in [0.15, 0.2) is 48.5 Å². The molecular formula is C18H16FN3O2. The molecule has 0 saturated carbocycles. The standard InChI is InChI=1S/C18H16FN3O2/c1-11(23)22(2)13-8-6-12(7-9-13)20-18(24)17-10-14-15(19)4-3-5-16(14)21-17/h3-10,21H,1-2H3,(H,20,24). The van der Waals surface area contributed by atoms with Gasteiger partial charge in [0, 0.05) is 36.2 Å². The highest BCUT2D eigenvalue weighted by Gasteiger charge is 2.12. The van der Waals surface area contributed by atoms with Crippen molar-refractivity contribution in [2.45, 2.75) is 6.92 Å². The van der Waals surface area contributed by atoms with Crippen LogP contribution in [0, 0.1) is 5.82 Å². The molecule has 24 heavy (non-hydrogen) atoms. The van der Waals surface area contributed by atoms with E-state index in [1.807, 2.05) is 0 Å². The second-order valence-electron chi connectivity index (χ2n) is 5.46. The fourth-order valence-electron chi connectivity index (χ4n) is 2.39. The summed E-state index contributed by atoms with van der Waals surface area (Å²) in [5.74, 6) is -0.815. The number of hydrogen-bond acceptors (Lipinski definition) is 2. The summed E-state index contributed by atoms with van der Waals surface area (Å²) in [6, 6.07) is 13.0. The van der Waals surface area contributed by atoms with Gasteiger partial charge >= 0.3 is 0 Å². The number of H-pyrrole nitrogens is 1. The smallest absolute Gasteiger partial charge is 0.272 e. The number of fused-ring (bicyclic) bond motifs is 1. The van der Waals surface area contributed by atoms with Crippen LogP contribution < -0.4 is 10.2 Å². The van der Waals surface area contributed by atoms with E-state index in [0.29, 0.717) is 16.6 Å². The van der Waals surface area contributed by atoms with E-state index in [1.54, 1.807) is 43.4 Å². The molecule has 6 heteroatoms. The fourth-order valence-corrected chi connectivity index (χ4v) is 2.39. The predicted octanol–water partition coefficient (Wildman–Crippen LogP) is 3.54. The third-order valence-electron chi connectivity index (χ3n) is 3.84. The Labute approximate surface area is 138 Å². The molecule has 0 spiro atoms. The molecule has 2 N–H and O–H groups in total. The molecule has 0 bridgehead atoms. The van der Waals surface area contributed by atoms with Crippen LogP contribution in [-0.2, 0) is 4.79 Å². The molecule has 0 unspecified atom stereocenters. The van der Waals surface area contributed by atoms with Crippen LogP contribution in [0.4, 0.5) is 15.8 Å². The quantitative estimate of drug-likeness (QED) is 0.773. The molecule has 3 rings (SSSR count). The zero-order valence-corrected chi connectivity index (χ0v) is 13.3. The number of carbonyl (C=O) groups is 2. The molecule has 0 aliphatic heterocycles. The Bertz CT molecular complexity index is 916. The van der Waals surface area contributed by atoms with Gasteiger partial charge in [0.05, 0.1) is 0 Å². The van der Waals surface area contributed by atoms with Crippen molar-refractivity contribution < 1.29 is 14.0 Å². The van der Waals surface area contributed by atoms with Crippen molar-refractivity contribution in [1.29, 1.82) is 0 Å². The van der Waals surface area contributed by atoms with Crippen molar-refractivity contribution in [2.75, 3.05) is 17.3 Å². The average Bonchev–Trinajstić information content (AvgIpc) is 3.00. The van der Waals surface area contributed by atoms with Crippen LogP contribution in [0.3, 0.4) is 0 Å². The Morgan fingerprint density at radius 1 is 1.12 bits per heavy atom. The van der Waals surface area contributed by atoms with E-state index in [9.17, 15) is 14.0 Å². The lowest BCUT2D eigenvalue weighted by molar-refractivity contribution is -0.116. The van der Waals surface area contributed by atoms with E-state index in [2.05, 4.69) is 10.3 Å². The zero-order valence-electron chi connectivity index (χ0n) is 13.3. The Kier molecular flexibility index (Phi) is 4.04. The molecule has 0 atom stereocenters. The first-order valence-electron chi connectivity index (χ1n) is 7.38. The SMILES string of the molecule is CC(=O)N(C)c1ccc(NC(=O)c2cc3c(F)cccc3[nH]2)cc1. The number of rotatable bonds is 3. The number of hydrogen-bond donors (Lipinski definition) is 2. The summed E-state index contributed by atoms with van der Waals surface area (Å²) in [5.41, 5.74) is 2.16. The lowest BCUT2D eigenvalue weighted by atomic mass is 10.2. The molecule has 2 aromatic carbocycles. The number of nitrogens with zero attached hydrogens (tertiary/aromatic N) is 1. The maximum atomic E-state index is 13.7. The van der Waals surface area contributed by atoms with E-state index in [1.165, 1.54) is 24.0 Å². The molecule has 0 saturated heterocycles. The molecule has 1 aromatic heterocycles. The van der Waals surface area contributed by atoms with Crippen molar-refractivity contribution in [3.63, 3.8) is 0 Å². The highest BCUT2D eigenvalue weighted by Crippen LogP contribution is 2.21. The minimum absolute atomic E-state index is 0.0770. The van der Waals surface area contributed by atoms with Gasteiger partial charge < -0.3 is 15.2 Å². The van der Waals surface area contributed by atoms with Crippen LogP contribution in [-0.4, -0.2) is 23.8 Å². The zero-order chi connectivity index (χ0) is 17.3. The van der Waals surface area contributed by atoms with Gasteiger partial charge in [0.15, 0.2) is 0 Å². The number of halogens is 1. The van der Waals surface area contributed by atoms with Crippen LogP contribution in [0.2, 0.25) is 0 Å². The fraction of sp³-hybridized carbons (Fsp3) is 0.111. The molecule has 0 aliphatic carbocycles. The number of amides is 2. The third-order valence-corrected chi connectivity index (χ3v) is 3.84. The average molecular weight is 325 g/mol. The topological polar surface area (TPSA) is 65.2 Å². The minimum atomic E-state index is -0.376. The number of benzene rings is 2. The van der Waals surface area contributed by atoms with E-state index in [0.717, 1.165) is 5.69 Å². The maximum absolute atomic E-state index is 13.7. The Morgan fingerprint density at radius 3 is 2.46 bits per heavy atom. The second kappa shape index (κ2) is 6.16. The van der Waals surface area contributed by atoms with E-state index < -0.39 is 0 Å². The number of anilines is 2. The van der Waals surface area contributed by atoms with Gasteiger partial charge in [0.25, 0.3) is 5.91 Å². The maximum Gasteiger partial charge on any atom is 0.272 e. The van der Waals surface area contributed by atoms with Crippen LogP contribution in [0.25, 0.3) is 10.9 Å². The van der Waals surface area contributed by atoms with Gasteiger partial charge in [-0.2, -0.15) is 0 Å². The highest BCUT2D eigenvalue weighted by atomic mass is 19.1. The largest absolute Gasteiger partial charge is 0.350 e. The van der Waals surface area contributed by atoms with Crippen molar-refractivity contribution in [1.82, 2.24) is 4.98 Å². The van der Waals surface area contributed by atoms with Gasteiger partial charge in [0.1, 0.15) is 11.5 Å². The summed E-state index contributed by atoms with van der Waals surface area (Å²) in [6.45, 7) is 1.48. The lowest BCUT2D eigenvalue weighted by Gasteiger charge is -2.15. The van der Waals surface area contributed by atoms with Gasteiger partial charge in [-0.25, -0.2) is 4.39 Å². The number of nitrogens with one attached hydrogen (secondary N) is 2. The first-order valence-corrected chi connectivity index (χ1v) is 7.38. The van der Waals surface area contributed by atoms with Gasteiger partial charge in [-0.1, -0.05) is 6.07 Å². The van der Waals surface area contributed by atoms with Crippen molar-refractivity contribution >= 4 is 34.1 Å². The normalized spacial score (nSPS) is 10.6. The predicted molar refractivity (Wildman–Crippen MR) is 91.7 cm³/mol. The molecule has 0 fully saturated rings. The Morgan fingerprint density at radius 2 is 1.83 bits per heavy atom. The molecule has 3 aromatic rings. The monoisotopic (exact) mass is 325 g/mol. The lowest BCUT2D eigenvalue weighted by Crippen LogP contribution is -2.22. The van der Waals surface area contributed by atoms with E-state index in [4.69, 9.17) is 0 Å². The van der Waals surface area contributed by atoms with Crippen molar-refractivity contribution in [3.8, 4) is 0 Å². The molecular weight excluding hydrogens is 309 g/mol. The highest BCUT2D eigenvalue weighted by molar-refractivity contribution is 6.06. The first-order chi connectivity index (χ1) is 11.5. The number of aromatic amines is 1. The van der Waals surface area contributed by atoms with Crippen molar-refractivity contribution in [2.24, 2.45) is 0 Å². The van der Waals surface area contributed by atoms with Crippen LogP contribution in [0.1, 0.15) is 17.4 Å². The second-order valence-corrected chi connectivity index (χ2v) is 5.46. The summed E-state index contributed by atoms with van der Waals surface area (Å²) >= 11 is 0. The Hall–Kier alpha value is -3.15. The van der Waals surface area contributed by atoms with Crippen molar-refractivity contribution in [3.05, 3.63) is 60.0 Å². The van der Waals surface area contributed by atoms with Crippen LogP contribution >= 0.6 is 0 Å². The summed E-state index contributed by atoms with van der Waals surface area (Å²) in [5, 5.41) is 3.11. The van der Waals surface area contributed by atoms with Gasteiger partial charge in [-0.3, -0.25) is 9.59 Å². The van der Waals surface area contributed by atoms with E-state index >= 15 is 0 Å². The van der Waals surface area contributed by atoms with Gasteiger partial charge in [-0.05, 0) is 42.5 Å². The Balaban J connectivity index is 1.78. The molecule has 5 nitrogen and oxygen atoms in total.